The Labute approximate surface area is 198 Å². The Hall–Kier alpha value is -4.37. The lowest BCUT2D eigenvalue weighted by Gasteiger charge is -2.21. The molecule has 4 N–H and O–H groups in total. The monoisotopic (exact) mass is 474 g/mol. The third-order valence-electron chi connectivity index (χ3n) is 5.57. The minimum atomic E-state index is -0.615. The van der Waals surface area contributed by atoms with Crippen molar-refractivity contribution in [2.45, 2.75) is 13.0 Å². The molecule has 1 unspecified atom stereocenters. The van der Waals surface area contributed by atoms with Crippen molar-refractivity contribution in [1.29, 1.82) is 0 Å². The van der Waals surface area contributed by atoms with Crippen molar-refractivity contribution >= 4 is 39.7 Å². The predicted molar refractivity (Wildman–Crippen MR) is 130 cm³/mol. The van der Waals surface area contributed by atoms with Crippen LogP contribution in [-0.4, -0.2) is 30.2 Å². The molecule has 5 rings (SSSR count). The average Bonchev–Trinajstić information content (AvgIpc) is 3.15. The highest BCUT2D eigenvalue weighted by Crippen LogP contribution is 2.26. The van der Waals surface area contributed by atoms with E-state index >= 15 is 0 Å². The summed E-state index contributed by atoms with van der Waals surface area (Å²) < 4.78 is 2.90. The van der Waals surface area contributed by atoms with E-state index in [2.05, 4.69) is 15.4 Å². The molecule has 0 aliphatic rings. The van der Waals surface area contributed by atoms with Crippen molar-refractivity contribution in [2.24, 2.45) is 0 Å². The Kier molecular flexibility index (Phi) is 5.18. The van der Waals surface area contributed by atoms with E-state index in [4.69, 9.17) is 17.3 Å². The van der Waals surface area contributed by atoms with Gasteiger partial charge in [-0.05, 0) is 54.8 Å². The maximum Gasteiger partial charge on any atom is 0.264 e. The number of nitrogens with one attached hydrogen (secondary N) is 1. The minimum Gasteiger partial charge on any atom is -0.508 e. The third-order valence-corrected chi connectivity index (χ3v) is 5.89. The summed E-state index contributed by atoms with van der Waals surface area (Å²) in [7, 11) is 0. The molecule has 0 saturated heterocycles. The number of hydrogen-bond acceptors (Lipinski definition) is 6. The molecule has 0 bridgehead atoms. The molecule has 2 aromatic carbocycles. The van der Waals surface area contributed by atoms with Crippen LogP contribution in [0.2, 0.25) is 5.02 Å². The van der Waals surface area contributed by atoms with Crippen molar-refractivity contribution < 1.29 is 9.90 Å². The number of pyridine rings is 1. The highest BCUT2D eigenvalue weighted by molar-refractivity contribution is 6.35. The van der Waals surface area contributed by atoms with Gasteiger partial charge < -0.3 is 16.2 Å². The lowest BCUT2D eigenvalue weighted by Crippen LogP contribution is -2.32. The van der Waals surface area contributed by atoms with Crippen molar-refractivity contribution in [3.63, 3.8) is 0 Å². The zero-order valence-electron chi connectivity index (χ0n) is 17.9. The molecule has 0 aliphatic carbocycles. The normalized spacial score (nSPS) is 12.2. The minimum absolute atomic E-state index is 0.0459. The summed E-state index contributed by atoms with van der Waals surface area (Å²) in [4.78, 5) is 31.0. The quantitative estimate of drug-likeness (QED) is 0.366. The summed E-state index contributed by atoms with van der Waals surface area (Å²) in [5.41, 5.74) is 7.15. The van der Waals surface area contributed by atoms with Gasteiger partial charge in [0.1, 0.15) is 11.3 Å². The number of anilines is 1. The number of hydrogen-bond donors (Lipinski definition) is 3. The molecule has 0 saturated carbocycles. The molecular formula is C24H19ClN6O3. The van der Waals surface area contributed by atoms with Crippen LogP contribution in [0.25, 0.3) is 22.1 Å². The predicted octanol–water partition coefficient (Wildman–Crippen LogP) is 3.47. The van der Waals surface area contributed by atoms with E-state index in [1.54, 1.807) is 61.8 Å². The van der Waals surface area contributed by atoms with Crippen LogP contribution in [0.15, 0.2) is 71.8 Å². The second kappa shape index (κ2) is 8.20. The number of carbonyl (C=O) groups is 1. The topological polar surface area (TPSA) is 128 Å². The Morgan fingerprint density at radius 3 is 2.71 bits per heavy atom. The summed E-state index contributed by atoms with van der Waals surface area (Å²) in [6.45, 7) is 1.76. The molecule has 0 fully saturated rings. The van der Waals surface area contributed by atoms with Crippen molar-refractivity contribution in [3.05, 3.63) is 93.6 Å². The van der Waals surface area contributed by atoms with E-state index in [-0.39, 0.29) is 22.7 Å². The maximum atomic E-state index is 13.6. The van der Waals surface area contributed by atoms with Gasteiger partial charge in [-0.1, -0.05) is 23.7 Å². The fraction of sp³-hybridized carbons (Fsp3) is 0.0833. The van der Waals surface area contributed by atoms with E-state index in [1.165, 1.54) is 21.2 Å². The number of phenols is 1. The fourth-order valence-electron chi connectivity index (χ4n) is 3.99. The van der Waals surface area contributed by atoms with Gasteiger partial charge in [0.15, 0.2) is 11.5 Å². The largest absolute Gasteiger partial charge is 0.508 e. The van der Waals surface area contributed by atoms with Crippen LogP contribution >= 0.6 is 11.6 Å². The Morgan fingerprint density at radius 2 is 1.94 bits per heavy atom. The molecule has 0 spiro atoms. The number of nitrogens with zero attached hydrogens (tertiary/aromatic N) is 4. The van der Waals surface area contributed by atoms with Crippen LogP contribution in [0.5, 0.6) is 5.75 Å². The van der Waals surface area contributed by atoms with Crippen molar-refractivity contribution in [2.75, 3.05) is 5.73 Å². The summed E-state index contributed by atoms with van der Waals surface area (Å²) in [5.74, 6) is -0.367. The first-order valence-corrected chi connectivity index (χ1v) is 10.8. The zero-order chi connectivity index (χ0) is 24.0. The first-order valence-electron chi connectivity index (χ1n) is 10.4. The van der Waals surface area contributed by atoms with Crippen LogP contribution in [-0.2, 0) is 0 Å². The molecule has 3 aromatic heterocycles. The van der Waals surface area contributed by atoms with Crippen LogP contribution in [0.1, 0.15) is 29.0 Å². The lowest BCUT2D eigenvalue weighted by atomic mass is 10.1. The van der Waals surface area contributed by atoms with E-state index in [0.29, 0.717) is 32.8 Å². The van der Waals surface area contributed by atoms with Crippen LogP contribution in [0.3, 0.4) is 0 Å². The van der Waals surface area contributed by atoms with E-state index in [9.17, 15) is 14.7 Å². The number of rotatable bonds is 4. The number of carbonyl (C=O) groups excluding carboxylic acids is 1. The molecule has 3 heterocycles. The third kappa shape index (κ3) is 3.52. The van der Waals surface area contributed by atoms with Gasteiger partial charge >= 0.3 is 0 Å². The number of aromatic nitrogens is 4. The van der Waals surface area contributed by atoms with Gasteiger partial charge in [-0.15, -0.1) is 5.10 Å². The molecule has 1 amide bonds. The molecule has 0 radical (unpaired) electrons. The van der Waals surface area contributed by atoms with Gasteiger partial charge in [-0.25, -0.2) is 9.50 Å². The van der Waals surface area contributed by atoms with Crippen LogP contribution in [0.4, 0.5) is 5.82 Å². The highest BCUT2D eigenvalue weighted by atomic mass is 35.5. The van der Waals surface area contributed by atoms with Gasteiger partial charge in [-0.3, -0.25) is 14.2 Å². The first-order chi connectivity index (χ1) is 16.3. The van der Waals surface area contributed by atoms with Crippen molar-refractivity contribution in [3.8, 4) is 11.4 Å². The Morgan fingerprint density at radius 1 is 1.18 bits per heavy atom. The molecule has 170 valence electrons. The first kappa shape index (κ1) is 21.5. The molecule has 1 atom stereocenters. The van der Waals surface area contributed by atoms with E-state index < -0.39 is 11.9 Å². The number of nitrogen functional groups attached to an aromatic ring is 1. The average molecular weight is 475 g/mol. The van der Waals surface area contributed by atoms with Crippen LogP contribution in [0, 0.1) is 0 Å². The molecule has 0 aliphatic heterocycles. The number of halogens is 1. The summed E-state index contributed by atoms with van der Waals surface area (Å²) >= 11 is 6.35. The van der Waals surface area contributed by atoms with Gasteiger partial charge in [0.05, 0.1) is 16.5 Å². The highest BCUT2D eigenvalue weighted by Gasteiger charge is 2.23. The number of fused-ring (bicyclic) bond motifs is 2. The van der Waals surface area contributed by atoms with Gasteiger partial charge in [-0.2, -0.15) is 0 Å². The Bertz CT molecular complexity index is 1620. The number of nitrogens with two attached hydrogens (primary N) is 1. The van der Waals surface area contributed by atoms with E-state index in [1.807, 2.05) is 0 Å². The van der Waals surface area contributed by atoms with Gasteiger partial charge in [0.2, 0.25) is 0 Å². The number of phenolic OH excluding ortho intramolecular Hbond substituents is 1. The molecule has 9 nitrogen and oxygen atoms in total. The second-order valence-corrected chi connectivity index (χ2v) is 8.18. The standard InChI is InChI=1S/C24H19ClN6O3/c1-13(28-23(33)20-21(26)29-30-11-3-10-27-22(20)30)18-12-14-4-2-5-17(25)19(14)24(34)31(18)15-6-8-16(32)9-7-15/h2-13,32H,1H3,(H2,26,29)(H,28,33). The summed E-state index contributed by atoms with van der Waals surface area (Å²) in [6, 6.07) is 14.3. The molecular weight excluding hydrogens is 456 g/mol. The van der Waals surface area contributed by atoms with Crippen molar-refractivity contribution in [1.82, 2.24) is 24.5 Å². The van der Waals surface area contributed by atoms with Gasteiger partial charge in [0, 0.05) is 23.8 Å². The SMILES string of the molecule is CC(NC(=O)c1c(N)nn2cccnc12)c1cc2cccc(Cl)c2c(=O)n1-c1ccc(O)cc1. The number of benzene rings is 2. The number of amides is 1. The smallest absolute Gasteiger partial charge is 0.264 e. The number of aromatic hydroxyl groups is 1. The Balaban J connectivity index is 1.64. The van der Waals surface area contributed by atoms with Crippen LogP contribution < -0.4 is 16.6 Å². The molecule has 10 heteroatoms. The lowest BCUT2D eigenvalue weighted by molar-refractivity contribution is 0.0941. The summed E-state index contributed by atoms with van der Waals surface area (Å²) in [6.07, 6.45) is 3.20. The summed E-state index contributed by atoms with van der Waals surface area (Å²) in [5, 5.41) is 18.1. The molecule has 5 aromatic rings. The fourth-order valence-corrected chi connectivity index (χ4v) is 4.25. The van der Waals surface area contributed by atoms with E-state index in [0.717, 1.165) is 0 Å². The maximum absolute atomic E-state index is 13.6. The van der Waals surface area contributed by atoms with Gasteiger partial charge in [0.25, 0.3) is 11.5 Å². The second-order valence-electron chi connectivity index (χ2n) is 7.77. The molecule has 34 heavy (non-hydrogen) atoms. The zero-order valence-corrected chi connectivity index (χ0v) is 18.7.